The molecule has 1 aliphatic heterocycles. The quantitative estimate of drug-likeness (QED) is 0.892. The minimum absolute atomic E-state index is 0.113. The minimum Gasteiger partial charge on any atom is -0.273 e. The fourth-order valence-corrected chi connectivity index (χ4v) is 2.87. The predicted octanol–water partition coefficient (Wildman–Crippen LogP) is 3.53. The third-order valence-corrected chi connectivity index (χ3v) is 4.04. The van der Waals surface area contributed by atoms with Crippen LogP contribution in [0.15, 0.2) is 47.1 Å². The lowest BCUT2D eigenvalue weighted by Crippen LogP contribution is -2.39. The number of alkyl halides is 1. The van der Waals surface area contributed by atoms with Gasteiger partial charge in [-0.2, -0.15) is 5.10 Å². The Bertz CT molecular complexity index is 721. The monoisotopic (exact) mass is 302 g/mol. The molecular weight excluding hydrogens is 286 g/mol. The molecular formula is C17H16F2N2O. The van der Waals surface area contributed by atoms with Crippen molar-refractivity contribution >= 4 is 17.2 Å². The maximum atomic E-state index is 15.1. The zero-order valence-corrected chi connectivity index (χ0v) is 12.2. The molecule has 1 aliphatic carbocycles. The van der Waals surface area contributed by atoms with Crippen LogP contribution in [-0.4, -0.2) is 17.3 Å². The second-order valence-electron chi connectivity index (χ2n) is 5.64. The van der Waals surface area contributed by atoms with Crippen LogP contribution in [0.2, 0.25) is 0 Å². The highest BCUT2D eigenvalue weighted by Crippen LogP contribution is 2.37. The molecule has 0 fully saturated rings. The molecule has 22 heavy (non-hydrogen) atoms. The zero-order chi connectivity index (χ0) is 15.7. The lowest BCUT2D eigenvalue weighted by Gasteiger charge is -2.30. The molecule has 1 amide bonds. The molecule has 3 rings (SSSR count). The summed E-state index contributed by atoms with van der Waals surface area (Å²) in [5.41, 5.74) is 2.85. The number of hydrazone groups is 1. The molecule has 0 saturated heterocycles. The highest BCUT2D eigenvalue weighted by Gasteiger charge is 2.38. The van der Waals surface area contributed by atoms with Gasteiger partial charge >= 0.3 is 0 Å². The van der Waals surface area contributed by atoms with E-state index in [4.69, 9.17) is 0 Å². The van der Waals surface area contributed by atoms with Gasteiger partial charge in [-0.3, -0.25) is 4.79 Å². The largest absolute Gasteiger partial charge is 0.273 e. The maximum absolute atomic E-state index is 15.1. The van der Waals surface area contributed by atoms with Gasteiger partial charge < -0.3 is 0 Å². The van der Waals surface area contributed by atoms with Gasteiger partial charge in [0.2, 0.25) is 5.91 Å². The molecule has 114 valence electrons. The number of rotatable bonds is 2. The van der Waals surface area contributed by atoms with Crippen molar-refractivity contribution in [1.29, 1.82) is 0 Å². The van der Waals surface area contributed by atoms with Gasteiger partial charge in [0.1, 0.15) is 5.82 Å². The molecule has 1 atom stereocenters. The Morgan fingerprint density at radius 3 is 2.68 bits per heavy atom. The third-order valence-electron chi connectivity index (χ3n) is 4.04. The fraction of sp³-hybridized carbons (Fsp3) is 0.294. The van der Waals surface area contributed by atoms with Gasteiger partial charge in [-0.1, -0.05) is 29.8 Å². The van der Waals surface area contributed by atoms with E-state index in [1.807, 2.05) is 0 Å². The second kappa shape index (κ2) is 5.48. The summed E-state index contributed by atoms with van der Waals surface area (Å²) in [4.78, 5) is 11.1. The first-order valence-electron chi connectivity index (χ1n) is 7.18. The van der Waals surface area contributed by atoms with Crippen LogP contribution in [0.25, 0.3) is 5.57 Å². The van der Waals surface area contributed by atoms with Crippen LogP contribution in [0.3, 0.4) is 0 Å². The van der Waals surface area contributed by atoms with E-state index in [9.17, 15) is 9.18 Å². The molecule has 0 bridgehead atoms. The number of halogens is 2. The number of benzene rings is 1. The second-order valence-corrected chi connectivity index (χ2v) is 5.64. The summed E-state index contributed by atoms with van der Waals surface area (Å²) in [6.07, 6.45) is 3.67. The van der Waals surface area contributed by atoms with Gasteiger partial charge in [0.15, 0.2) is 5.67 Å². The Morgan fingerprint density at radius 1 is 1.27 bits per heavy atom. The SMILES string of the molecule is CC1=C(c2ccccc2F)C=CC(F)(C2=NNC(=O)CC2)C1. The number of allylic oxidation sites excluding steroid dienone is 4. The number of nitrogens with zero attached hydrogens (tertiary/aromatic N) is 1. The van der Waals surface area contributed by atoms with Crippen molar-refractivity contribution in [1.82, 2.24) is 5.43 Å². The first-order chi connectivity index (χ1) is 10.5. The molecule has 5 heteroatoms. The van der Waals surface area contributed by atoms with Crippen molar-refractivity contribution in [2.24, 2.45) is 5.10 Å². The van der Waals surface area contributed by atoms with Crippen LogP contribution in [0, 0.1) is 5.82 Å². The van der Waals surface area contributed by atoms with E-state index in [0.29, 0.717) is 23.3 Å². The first kappa shape index (κ1) is 14.6. The molecule has 1 unspecified atom stereocenters. The summed E-state index contributed by atoms with van der Waals surface area (Å²) in [5, 5.41) is 3.85. The van der Waals surface area contributed by atoms with Crippen molar-refractivity contribution in [3.63, 3.8) is 0 Å². The Kier molecular flexibility index (Phi) is 3.64. The smallest absolute Gasteiger partial charge is 0.240 e. The number of hydrogen-bond donors (Lipinski definition) is 1. The topological polar surface area (TPSA) is 41.5 Å². The predicted molar refractivity (Wildman–Crippen MR) is 81.4 cm³/mol. The van der Waals surface area contributed by atoms with E-state index in [0.717, 1.165) is 5.57 Å². The number of carbonyl (C=O) groups is 1. The molecule has 1 heterocycles. The van der Waals surface area contributed by atoms with Gasteiger partial charge in [0.25, 0.3) is 0 Å². The molecule has 2 aliphatic rings. The average molecular weight is 302 g/mol. The summed E-state index contributed by atoms with van der Waals surface area (Å²) in [7, 11) is 0. The molecule has 1 aromatic rings. The third kappa shape index (κ3) is 2.58. The molecule has 3 nitrogen and oxygen atoms in total. The lowest BCUT2D eigenvalue weighted by molar-refractivity contribution is -0.121. The minimum atomic E-state index is -1.72. The van der Waals surface area contributed by atoms with Gasteiger partial charge in [0.05, 0.1) is 5.71 Å². The van der Waals surface area contributed by atoms with Crippen LogP contribution >= 0.6 is 0 Å². The molecule has 0 aromatic heterocycles. The number of carbonyl (C=O) groups excluding carboxylic acids is 1. The van der Waals surface area contributed by atoms with Crippen molar-refractivity contribution in [2.75, 3.05) is 0 Å². The first-order valence-corrected chi connectivity index (χ1v) is 7.18. The molecule has 0 radical (unpaired) electrons. The fourth-order valence-electron chi connectivity index (χ4n) is 2.87. The molecule has 1 aromatic carbocycles. The van der Waals surface area contributed by atoms with Gasteiger partial charge in [-0.15, -0.1) is 0 Å². The normalized spacial score (nSPS) is 25.0. The van der Waals surface area contributed by atoms with E-state index >= 15 is 4.39 Å². The highest BCUT2D eigenvalue weighted by molar-refractivity contribution is 6.00. The van der Waals surface area contributed by atoms with Crippen molar-refractivity contribution in [2.45, 2.75) is 31.9 Å². The number of hydrogen-bond acceptors (Lipinski definition) is 2. The lowest BCUT2D eigenvalue weighted by atomic mass is 9.81. The van der Waals surface area contributed by atoms with Crippen molar-refractivity contribution < 1.29 is 13.6 Å². The maximum Gasteiger partial charge on any atom is 0.240 e. The Morgan fingerprint density at radius 2 is 2.05 bits per heavy atom. The van der Waals surface area contributed by atoms with E-state index in [2.05, 4.69) is 10.5 Å². The summed E-state index contributed by atoms with van der Waals surface area (Å²) in [6, 6.07) is 6.45. The van der Waals surface area contributed by atoms with Gasteiger partial charge in [-0.05, 0) is 31.1 Å². The standard InChI is InChI=1S/C17H16F2N2O/c1-11-10-17(19,15-6-7-16(22)21-20-15)9-8-12(11)13-4-2-3-5-14(13)18/h2-5,8-9H,6-7,10H2,1H3,(H,21,22). The van der Waals surface area contributed by atoms with Crippen molar-refractivity contribution in [3.05, 3.63) is 53.4 Å². The summed E-state index contributed by atoms with van der Waals surface area (Å²) >= 11 is 0. The van der Waals surface area contributed by atoms with E-state index in [1.165, 1.54) is 12.1 Å². The number of nitrogens with one attached hydrogen (secondary N) is 1. The molecule has 0 spiro atoms. The molecule has 0 saturated carbocycles. The summed E-state index contributed by atoms with van der Waals surface area (Å²) in [5.74, 6) is -0.526. The Labute approximate surface area is 127 Å². The average Bonchev–Trinajstić information content (AvgIpc) is 2.49. The Balaban J connectivity index is 1.91. The van der Waals surface area contributed by atoms with Crippen molar-refractivity contribution in [3.8, 4) is 0 Å². The van der Waals surface area contributed by atoms with Crippen LogP contribution in [-0.2, 0) is 4.79 Å². The van der Waals surface area contributed by atoms with Crippen LogP contribution < -0.4 is 5.43 Å². The zero-order valence-electron chi connectivity index (χ0n) is 12.2. The van der Waals surface area contributed by atoms with E-state index < -0.39 is 5.67 Å². The van der Waals surface area contributed by atoms with E-state index in [-0.39, 0.29) is 24.6 Å². The summed E-state index contributed by atoms with van der Waals surface area (Å²) < 4.78 is 29.0. The van der Waals surface area contributed by atoms with Gasteiger partial charge in [0, 0.05) is 18.4 Å². The highest BCUT2D eigenvalue weighted by atomic mass is 19.1. The number of amides is 1. The van der Waals surface area contributed by atoms with E-state index in [1.54, 1.807) is 31.2 Å². The Hall–Kier alpha value is -2.30. The van der Waals surface area contributed by atoms with Gasteiger partial charge in [-0.25, -0.2) is 14.2 Å². The van der Waals surface area contributed by atoms with Crippen LogP contribution in [0.4, 0.5) is 8.78 Å². The van der Waals surface area contributed by atoms with Crippen LogP contribution in [0.1, 0.15) is 31.7 Å². The van der Waals surface area contributed by atoms with Crippen LogP contribution in [0.5, 0.6) is 0 Å². The summed E-state index contributed by atoms with van der Waals surface area (Å²) in [6.45, 7) is 1.79. The molecule has 1 N–H and O–H groups in total.